The third-order valence-electron chi connectivity index (χ3n) is 6.23. The third kappa shape index (κ3) is 4.86. The van der Waals surface area contributed by atoms with Gasteiger partial charge in [-0.25, -0.2) is 4.98 Å². The summed E-state index contributed by atoms with van der Waals surface area (Å²) in [7, 11) is 0. The fraction of sp³-hybridized carbons (Fsp3) is 0.400. The van der Waals surface area contributed by atoms with Gasteiger partial charge in [-0.1, -0.05) is 42.1 Å². The van der Waals surface area contributed by atoms with Gasteiger partial charge in [0.05, 0.1) is 29.7 Å². The molecule has 0 bridgehead atoms. The van der Waals surface area contributed by atoms with Crippen molar-refractivity contribution >= 4 is 34.8 Å². The van der Waals surface area contributed by atoms with Crippen LogP contribution in [0.25, 0.3) is 11.3 Å². The van der Waals surface area contributed by atoms with Gasteiger partial charge in [0, 0.05) is 23.2 Å². The molecule has 1 atom stereocenters. The third-order valence-corrected chi connectivity index (χ3v) is 8.25. The average molecular weight is 479 g/mol. The molecule has 1 saturated heterocycles. The Labute approximate surface area is 202 Å². The van der Waals surface area contributed by atoms with E-state index in [1.54, 1.807) is 11.3 Å². The van der Waals surface area contributed by atoms with E-state index in [1.807, 2.05) is 35.7 Å². The van der Waals surface area contributed by atoms with E-state index >= 15 is 0 Å². The normalized spacial score (nSPS) is 17.5. The van der Waals surface area contributed by atoms with E-state index in [-0.39, 0.29) is 17.8 Å². The average Bonchev–Trinajstić information content (AvgIpc) is 3.59. The number of nitrogens with one attached hydrogen (secondary N) is 1. The van der Waals surface area contributed by atoms with Crippen molar-refractivity contribution in [1.82, 2.24) is 9.55 Å². The van der Waals surface area contributed by atoms with Crippen LogP contribution in [0.4, 0.5) is 5.82 Å². The predicted molar refractivity (Wildman–Crippen MR) is 132 cm³/mol. The molecule has 0 radical (unpaired) electrons. The van der Waals surface area contributed by atoms with Gasteiger partial charge < -0.3 is 14.6 Å². The number of thiazole rings is 1. The number of aromatic nitrogens is 2. The van der Waals surface area contributed by atoms with Crippen molar-refractivity contribution in [2.75, 3.05) is 17.7 Å². The van der Waals surface area contributed by atoms with Crippen molar-refractivity contribution < 1.29 is 9.53 Å². The molecule has 1 aromatic carbocycles. The van der Waals surface area contributed by atoms with Gasteiger partial charge in [-0.2, -0.15) is 5.26 Å². The Balaban J connectivity index is 1.31. The minimum Gasteiger partial charge on any atom is -0.376 e. The summed E-state index contributed by atoms with van der Waals surface area (Å²) >= 11 is 2.97. The first kappa shape index (κ1) is 22.2. The molecule has 1 amide bonds. The second-order valence-electron chi connectivity index (χ2n) is 8.41. The maximum atomic E-state index is 12.9. The summed E-state index contributed by atoms with van der Waals surface area (Å²) < 4.78 is 8.88. The molecule has 1 aliphatic heterocycles. The van der Waals surface area contributed by atoms with E-state index in [4.69, 9.17) is 4.74 Å². The predicted octanol–water partition coefficient (Wildman–Crippen LogP) is 5.27. The zero-order chi connectivity index (χ0) is 22.6. The fourth-order valence-electron chi connectivity index (χ4n) is 4.67. The van der Waals surface area contributed by atoms with Crippen molar-refractivity contribution in [2.24, 2.45) is 0 Å². The molecule has 33 heavy (non-hydrogen) atoms. The fourth-order valence-corrected chi connectivity index (χ4v) is 6.31. The molecule has 0 spiro atoms. The summed E-state index contributed by atoms with van der Waals surface area (Å²) in [5, 5.41) is 15.0. The largest absolute Gasteiger partial charge is 0.376 e. The number of ether oxygens (including phenoxy) is 1. The maximum Gasteiger partial charge on any atom is 0.235 e. The molecule has 1 unspecified atom stereocenters. The van der Waals surface area contributed by atoms with Gasteiger partial charge in [-0.3, -0.25) is 4.79 Å². The first-order valence-electron chi connectivity index (χ1n) is 11.4. The lowest BCUT2D eigenvalue weighted by molar-refractivity contribution is -0.113. The second kappa shape index (κ2) is 10.1. The molecule has 2 aliphatic rings. The van der Waals surface area contributed by atoms with Gasteiger partial charge in [0.25, 0.3) is 0 Å². The molecule has 0 saturated carbocycles. The molecular weight excluding hydrogens is 452 g/mol. The number of hydrogen-bond donors (Lipinski definition) is 1. The van der Waals surface area contributed by atoms with Crippen LogP contribution in [0.2, 0.25) is 0 Å². The Kier molecular flexibility index (Phi) is 6.81. The van der Waals surface area contributed by atoms with Crippen LogP contribution in [-0.2, 0) is 28.9 Å². The monoisotopic (exact) mass is 478 g/mol. The standard InChI is InChI=1S/C25H26N4O2S2/c26-13-20-19-10-4-5-11-22(19)29(14-18-9-6-12-31-18)24(20)28-23(30)16-33-25-27-21(15-32-25)17-7-2-1-3-8-17/h1-3,7-8,15,18H,4-6,9-12,14,16H2,(H,28,30). The summed E-state index contributed by atoms with van der Waals surface area (Å²) in [6.45, 7) is 1.48. The number of hydrogen-bond acceptors (Lipinski definition) is 6. The SMILES string of the molecule is N#Cc1c2c(n(CC3CCCO3)c1NC(=O)CSc1nc(-c3ccccc3)cs1)CCCC2. The quantitative estimate of drug-likeness (QED) is 0.468. The number of thioether (sulfide) groups is 1. The van der Waals surface area contributed by atoms with Gasteiger partial charge in [-0.05, 0) is 44.1 Å². The van der Waals surface area contributed by atoms with Crippen molar-refractivity contribution in [3.63, 3.8) is 0 Å². The van der Waals surface area contributed by atoms with Crippen molar-refractivity contribution in [1.29, 1.82) is 5.26 Å². The Morgan fingerprint density at radius 2 is 2.12 bits per heavy atom. The zero-order valence-corrected chi connectivity index (χ0v) is 20.0. The number of nitrogens with zero attached hydrogens (tertiary/aromatic N) is 3. The Hall–Kier alpha value is -2.60. The van der Waals surface area contributed by atoms with E-state index in [0.717, 1.165) is 66.3 Å². The highest BCUT2D eigenvalue weighted by molar-refractivity contribution is 8.01. The number of carbonyl (C=O) groups is 1. The van der Waals surface area contributed by atoms with Crippen LogP contribution >= 0.6 is 23.1 Å². The van der Waals surface area contributed by atoms with Gasteiger partial charge >= 0.3 is 0 Å². The lowest BCUT2D eigenvalue weighted by Gasteiger charge is -2.19. The molecule has 2 aromatic heterocycles. The zero-order valence-electron chi connectivity index (χ0n) is 18.4. The van der Waals surface area contributed by atoms with Crippen molar-refractivity contribution in [3.05, 3.63) is 52.5 Å². The summed E-state index contributed by atoms with van der Waals surface area (Å²) in [4.78, 5) is 17.6. The Morgan fingerprint density at radius 1 is 1.27 bits per heavy atom. The van der Waals surface area contributed by atoms with Crippen LogP contribution in [0.15, 0.2) is 40.1 Å². The van der Waals surface area contributed by atoms with Gasteiger partial charge in [0.2, 0.25) is 5.91 Å². The van der Waals surface area contributed by atoms with Crippen molar-refractivity contribution in [2.45, 2.75) is 55.5 Å². The number of carbonyl (C=O) groups excluding carboxylic acids is 1. The summed E-state index contributed by atoms with van der Waals surface area (Å²) in [6, 6.07) is 12.4. The molecule has 3 heterocycles. The van der Waals surface area contributed by atoms with Crippen LogP contribution in [0.5, 0.6) is 0 Å². The molecule has 3 aromatic rings. The highest BCUT2D eigenvalue weighted by Gasteiger charge is 2.28. The number of benzene rings is 1. The van der Waals surface area contributed by atoms with Crippen LogP contribution in [-0.4, -0.2) is 33.9 Å². The highest BCUT2D eigenvalue weighted by atomic mass is 32.2. The molecule has 6 nitrogen and oxygen atoms in total. The molecular formula is C25H26N4O2S2. The Morgan fingerprint density at radius 3 is 2.91 bits per heavy atom. The first-order valence-corrected chi connectivity index (χ1v) is 13.3. The number of rotatable bonds is 7. The minimum atomic E-state index is -0.114. The van der Waals surface area contributed by atoms with E-state index < -0.39 is 0 Å². The van der Waals surface area contributed by atoms with E-state index in [1.165, 1.54) is 17.5 Å². The maximum absolute atomic E-state index is 12.9. The number of fused-ring (bicyclic) bond motifs is 1. The molecule has 8 heteroatoms. The lowest BCUT2D eigenvalue weighted by atomic mass is 9.95. The lowest BCUT2D eigenvalue weighted by Crippen LogP contribution is -2.22. The van der Waals surface area contributed by atoms with Crippen LogP contribution in [0, 0.1) is 11.3 Å². The summed E-state index contributed by atoms with van der Waals surface area (Å²) in [5.41, 5.74) is 4.93. The summed E-state index contributed by atoms with van der Waals surface area (Å²) in [5.74, 6) is 0.786. The summed E-state index contributed by atoms with van der Waals surface area (Å²) in [6.07, 6.45) is 6.28. The molecule has 5 rings (SSSR count). The van der Waals surface area contributed by atoms with E-state index in [9.17, 15) is 10.1 Å². The van der Waals surface area contributed by atoms with Crippen LogP contribution < -0.4 is 5.32 Å². The van der Waals surface area contributed by atoms with Crippen LogP contribution in [0.1, 0.15) is 42.5 Å². The second-order valence-corrected chi connectivity index (χ2v) is 10.5. The topological polar surface area (TPSA) is 79.9 Å². The Bertz CT molecular complexity index is 1170. The smallest absolute Gasteiger partial charge is 0.235 e. The molecule has 170 valence electrons. The molecule has 1 aliphatic carbocycles. The van der Waals surface area contributed by atoms with Gasteiger partial charge in [0.15, 0.2) is 4.34 Å². The van der Waals surface area contributed by atoms with E-state index in [0.29, 0.717) is 17.9 Å². The molecule has 1 fully saturated rings. The van der Waals surface area contributed by atoms with Crippen molar-refractivity contribution in [3.8, 4) is 17.3 Å². The van der Waals surface area contributed by atoms with E-state index in [2.05, 4.69) is 20.9 Å². The van der Waals surface area contributed by atoms with Gasteiger partial charge in [0.1, 0.15) is 11.9 Å². The number of anilines is 1. The van der Waals surface area contributed by atoms with Crippen LogP contribution in [0.3, 0.4) is 0 Å². The number of nitriles is 1. The number of amides is 1. The first-order chi connectivity index (χ1) is 16.2. The van der Waals surface area contributed by atoms with Gasteiger partial charge in [-0.15, -0.1) is 11.3 Å². The molecule has 1 N–H and O–H groups in total. The minimum absolute atomic E-state index is 0.114. The highest BCUT2D eigenvalue weighted by Crippen LogP contribution is 2.35.